The molecule has 4 amide bonds. The number of nitrogens with zero attached hydrogens (tertiary/aromatic N) is 4. The lowest BCUT2D eigenvalue weighted by molar-refractivity contribution is -0.149. The number of H-pyrrole nitrogens is 1. The highest BCUT2D eigenvalue weighted by Gasteiger charge is 2.62. The molecule has 15 nitrogen and oxygen atoms in total. The zero-order valence-electron chi connectivity index (χ0n) is 38.1. The number of nitrogens with one attached hydrogen (secondary N) is 3. The maximum atomic E-state index is 15.3. The van der Waals surface area contributed by atoms with Crippen LogP contribution in [0.1, 0.15) is 84.0 Å². The van der Waals surface area contributed by atoms with Crippen LogP contribution in [0.25, 0.3) is 33.2 Å². The Morgan fingerprint density at radius 1 is 0.985 bits per heavy atom. The highest BCUT2D eigenvalue weighted by atomic mass is 32.2. The first-order chi connectivity index (χ1) is 32.0. The molecule has 1 unspecified atom stereocenters. The second-order valence-corrected chi connectivity index (χ2v) is 21.4. The van der Waals surface area contributed by atoms with E-state index < -0.39 is 79.8 Å². The Morgan fingerprint density at radius 3 is 2.46 bits per heavy atom. The van der Waals surface area contributed by atoms with Crippen molar-refractivity contribution in [1.82, 2.24) is 34.8 Å². The van der Waals surface area contributed by atoms with E-state index in [1.807, 2.05) is 63.2 Å². The number of carbonyl (C=O) groups excluding carboxylic acids is 4. The van der Waals surface area contributed by atoms with Crippen molar-refractivity contribution in [3.8, 4) is 22.8 Å². The van der Waals surface area contributed by atoms with E-state index in [2.05, 4.69) is 26.6 Å². The first-order valence-corrected chi connectivity index (χ1v) is 24.5. The molecule has 9 rings (SSSR count). The average Bonchev–Trinajstić information content (AvgIpc) is 4.21. The lowest BCUT2D eigenvalue weighted by Crippen LogP contribution is -2.57. The third-order valence-corrected chi connectivity index (χ3v) is 15.6. The van der Waals surface area contributed by atoms with E-state index in [1.165, 1.54) is 23.1 Å². The largest absolute Gasteiger partial charge is 0.497 e. The van der Waals surface area contributed by atoms with E-state index >= 15 is 4.79 Å². The number of rotatable bonds is 14. The minimum Gasteiger partial charge on any atom is -0.497 e. The molecule has 0 spiro atoms. The van der Waals surface area contributed by atoms with E-state index in [1.54, 1.807) is 30.2 Å². The summed E-state index contributed by atoms with van der Waals surface area (Å²) < 4.78 is 54.6. The van der Waals surface area contributed by atoms with Gasteiger partial charge in [-0.2, -0.15) is 0 Å². The Balaban J connectivity index is 1.03. The second kappa shape index (κ2) is 17.7. The van der Waals surface area contributed by atoms with Crippen molar-refractivity contribution >= 4 is 55.6 Å². The number of carbonyl (C=O) groups is 4. The summed E-state index contributed by atoms with van der Waals surface area (Å²) in [5.74, 6) is -2.49. The number of pyridine rings is 1. The van der Waals surface area contributed by atoms with Crippen LogP contribution >= 0.6 is 0 Å². The summed E-state index contributed by atoms with van der Waals surface area (Å²) >= 11 is 0. The number of aromatic nitrogens is 3. The van der Waals surface area contributed by atoms with Crippen LogP contribution in [0.5, 0.6) is 11.5 Å². The van der Waals surface area contributed by atoms with Crippen LogP contribution in [0.2, 0.25) is 0 Å². The van der Waals surface area contributed by atoms with E-state index in [0.29, 0.717) is 70.8 Å². The van der Waals surface area contributed by atoms with Gasteiger partial charge < -0.3 is 29.6 Å². The van der Waals surface area contributed by atoms with Gasteiger partial charge in [0.1, 0.15) is 40.8 Å². The third kappa shape index (κ3) is 9.21. The maximum absolute atomic E-state index is 15.3. The fourth-order valence-corrected chi connectivity index (χ4v) is 11.0. The molecule has 3 aromatic carbocycles. The molecule has 2 aliphatic heterocycles. The second-order valence-electron chi connectivity index (χ2n) is 19.4. The number of amides is 4. The predicted molar refractivity (Wildman–Crippen MR) is 249 cm³/mol. The Morgan fingerprint density at radius 2 is 1.76 bits per heavy atom. The summed E-state index contributed by atoms with van der Waals surface area (Å²) in [5, 5.41) is 2.88. The van der Waals surface area contributed by atoms with Crippen molar-refractivity contribution in [3.05, 3.63) is 97.1 Å². The fourth-order valence-electron chi connectivity index (χ4n) is 9.66. The predicted octanol–water partition coefficient (Wildman–Crippen LogP) is 6.75. The molecule has 0 radical (unpaired) electrons. The number of ether oxygens (including phenoxy) is 2. The van der Waals surface area contributed by atoms with E-state index in [9.17, 15) is 27.2 Å². The van der Waals surface area contributed by atoms with Gasteiger partial charge in [0, 0.05) is 54.5 Å². The van der Waals surface area contributed by atoms with E-state index in [0.717, 1.165) is 18.4 Å². The van der Waals surface area contributed by atoms with Crippen LogP contribution in [0.15, 0.2) is 85.5 Å². The van der Waals surface area contributed by atoms with Crippen molar-refractivity contribution < 1.29 is 41.5 Å². The molecule has 67 heavy (non-hydrogen) atoms. The number of halogens is 1. The Kier molecular flexibility index (Phi) is 12.1. The fraction of sp³-hybridized carbons (Fsp3) is 0.440. The quantitative estimate of drug-likeness (QED) is 0.100. The highest BCUT2D eigenvalue weighted by molar-refractivity contribution is 7.91. The van der Waals surface area contributed by atoms with Crippen molar-refractivity contribution in [1.29, 1.82) is 0 Å². The first kappa shape index (κ1) is 45.8. The van der Waals surface area contributed by atoms with Crippen LogP contribution in [-0.2, 0) is 29.2 Å². The van der Waals surface area contributed by atoms with Gasteiger partial charge in [0.25, 0.3) is 5.91 Å². The average molecular weight is 934 g/mol. The minimum atomic E-state index is -3.95. The molecule has 2 aliphatic carbocycles. The van der Waals surface area contributed by atoms with Gasteiger partial charge in [-0.15, -0.1) is 6.58 Å². The van der Waals surface area contributed by atoms with Crippen LogP contribution in [0.4, 0.5) is 4.39 Å². The molecule has 0 bridgehead atoms. The van der Waals surface area contributed by atoms with Gasteiger partial charge in [0.05, 0.1) is 53.1 Å². The first-order valence-electron chi connectivity index (χ1n) is 22.9. The number of likely N-dealkylation sites (tertiary alicyclic amines) is 2. The zero-order valence-corrected chi connectivity index (χ0v) is 38.9. The number of hydrogen-bond donors (Lipinski definition) is 3. The van der Waals surface area contributed by atoms with E-state index in [4.69, 9.17) is 14.5 Å². The Hall–Kier alpha value is -6.36. The van der Waals surface area contributed by atoms with Crippen LogP contribution < -0.4 is 19.5 Å². The molecule has 4 aliphatic rings. The van der Waals surface area contributed by atoms with Gasteiger partial charge in [-0.3, -0.25) is 23.9 Å². The molecule has 2 saturated carbocycles. The molecule has 17 heteroatoms. The number of fused-ring (bicyclic) bond motifs is 2. The van der Waals surface area contributed by atoms with Crippen molar-refractivity contribution in [2.75, 3.05) is 20.2 Å². The summed E-state index contributed by atoms with van der Waals surface area (Å²) in [4.78, 5) is 74.6. The molecular weight excluding hydrogens is 878 g/mol. The summed E-state index contributed by atoms with van der Waals surface area (Å²) in [6.45, 7) is 9.87. The zero-order chi connectivity index (χ0) is 47.4. The molecule has 5 aromatic rings. The van der Waals surface area contributed by atoms with Crippen molar-refractivity contribution in [2.24, 2.45) is 17.3 Å². The van der Waals surface area contributed by atoms with Gasteiger partial charge in [0.15, 0.2) is 0 Å². The van der Waals surface area contributed by atoms with Gasteiger partial charge in [-0.05, 0) is 68.2 Å². The lowest BCUT2D eigenvalue weighted by Gasteiger charge is -2.38. The molecule has 2 aromatic heterocycles. The molecule has 4 fully saturated rings. The summed E-state index contributed by atoms with van der Waals surface area (Å²) in [7, 11) is -2.38. The molecule has 6 atom stereocenters. The number of imidazole rings is 1. The molecule has 3 N–H and O–H groups in total. The molecule has 352 valence electrons. The van der Waals surface area contributed by atoms with Crippen LogP contribution in [0.3, 0.4) is 0 Å². The lowest BCUT2D eigenvalue weighted by atomic mass is 9.77. The molecule has 2 saturated heterocycles. The SMILES string of the molecule is C=C[C@@H]1C[C@]1(NC(=O)[C@@H]1C[C@@H](Oc2cc(-c3ccccc3)nc3cc(OC)ccc23)CN1C(=O)[C@@H](CC(=O)N1CCCCC1c1nc2cc(F)ccc2[nH]1)C(C)(C)C)C(=O)NS(=O)(=O)C1CC1. The van der Waals surface area contributed by atoms with Gasteiger partial charge in [-0.1, -0.05) is 57.2 Å². The number of hydrogen-bond acceptors (Lipinski definition) is 10. The standard InChI is InChI=1S/C50H56FN7O8S/c1-6-30-27-50(30,48(62)56-67(63,64)34-17-18-34)55-46(60)42-24-33(66-43-26-38(29-12-8-7-9-13-29)52-39-23-32(65-5)16-19-35(39)43)28-58(42)47(61)36(49(2,3)4)25-44(59)57-21-11-10-14-41(57)45-53-37-20-15-31(51)22-40(37)54-45/h6-9,12-13,15-16,19-20,22-23,26,30,33-34,36,41-42H,1,10-11,14,17-18,21,24-25,27-28H2,2-5H3,(H,53,54)(H,55,60)(H,56,62)/t30-,33-,36-,41?,42+,50-/m1/s1. The molecular formula is C50H56FN7O8S. The summed E-state index contributed by atoms with van der Waals surface area (Å²) in [6, 6.07) is 19.6. The number of sulfonamides is 1. The number of aromatic amines is 1. The van der Waals surface area contributed by atoms with Crippen LogP contribution in [0, 0.1) is 23.1 Å². The summed E-state index contributed by atoms with van der Waals surface area (Å²) in [6.07, 6.45) is 3.84. The highest BCUT2D eigenvalue weighted by Crippen LogP contribution is 2.46. The van der Waals surface area contributed by atoms with E-state index in [-0.39, 0.29) is 31.7 Å². The number of methoxy groups -OCH3 is 1. The third-order valence-electron chi connectivity index (χ3n) is 13.8. The van der Waals surface area contributed by atoms with Crippen molar-refractivity contribution in [2.45, 2.75) is 101 Å². The maximum Gasteiger partial charge on any atom is 0.259 e. The van der Waals surface area contributed by atoms with Gasteiger partial charge in [0.2, 0.25) is 27.7 Å². The number of piperidine rings is 1. The summed E-state index contributed by atoms with van der Waals surface area (Å²) in [5.41, 5.74) is 0.813. The topological polar surface area (TPSA) is 193 Å². The smallest absolute Gasteiger partial charge is 0.259 e. The van der Waals surface area contributed by atoms with Crippen molar-refractivity contribution in [3.63, 3.8) is 0 Å². The Labute approximate surface area is 388 Å². The normalized spacial score (nSPS) is 23.4. The Bertz CT molecular complexity index is 2880. The minimum absolute atomic E-state index is 0.0146. The van der Waals surface area contributed by atoms with Crippen LogP contribution in [-0.4, -0.2) is 99.9 Å². The monoisotopic (exact) mass is 933 g/mol. The molecule has 4 heterocycles. The van der Waals surface area contributed by atoms with Gasteiger partial charge in [-0.25, -0.2) is 22.8 Å². The van der Waals surface area contributed by atoms with Gasteiger partial charge >= 0.3 is 0 Å². The number of benzene rings is 3.